The predicted molar refractivity (Wildman–Crippen MR) is 68.2 cm³/mol. The summed E-state index contributed by atoms with van der Waals surface area (Å²) < 4.78 is 10.2. The van der Waals surface area contributed by atoms with E-state index in [1.807, 2.05) is 6.92 Å². The predicted octanol–water partition coefficient (Wildman–Crippen LogP) is 1.63. The number of nitrogens with one attached hydrogen (secondary N) is 1. The zero-order valence-electron chi connectivity index (χ0n) is 11.3. The Morgan fingerprint density at radius 1 is 1.50 bits per heavy atom. The summed E-state index contributed by atoms with van der Waals surface area (Å²) in [6, 6.07) is 0. The van der Waals surface area contributed by atoms with Crippen LogP contribution in [0.15, 0.2) is 5.11 Å². The van der Waals surface area contributed by atoms with Crippen LogP contribution in [0.4, 0.5) is 0 Å². The third-order valence-corrected chi connectivity index (χ3v) is 2.62. The average Bonchev–Trinajstić information content (AvgIpc) is 2.37. The number of methoxy groups -OCH3 is 1. The first-order chi connectivity index (χ1) is 8.66. The zero-order chi connectivity index (χ0) is 13.9. The molecule has 104 valence electrons. The third kappa shape index (κ3) is 5.35. The van der Waals surface area contributed by atoms with Crippen molar-refractivity contribution >= 4 is 5.97 Å². The highest BCUT2D eigenvalue weighted by atomic mass is 16.5. The molecule has 0 aliphatic carbocycles. The Labute approximate surface area is 107 Å². The minimum Gasteiger partial charge on any atom is -0.465 e. The van der Waals surface area contributed by atoms with Gasteiger partial charge in [0.2, 0.25) is 0 Å². The van der Waals surface area contributed by atoms with Gasteiger partial charge >= 0.3 is 5.97 Å². The van der Waals surface area contributed by atoms with Gasteiger partial charge in [-0.25, -0.2) is 4.79 Å². The van der Waals surface area contributed by atoms with Crippen LogP contribution in [0.3, 0.4) is 0 Å². The summed E-state index contributed by atoms with van der Waals surface area (Å²) in [4.78, 5) is 14.6. The van der Waals surface area contributed by atoms with Crippen molar-refractivity contribution in [2.24, 2.45) is 5.11 Å². The van der Waals surface area contributed by atoms with Gasteiger partial charge in [0.05, 0.1) is 13.2 Å². The van der Waals surface area contributed by atoms with Crippen molar-refractivity contribution in [2.75, 3.05) is 33.4 Å². The van der Waals surface area contributed by atoms with Crippen molar-refractivity contribution in [2.45, 2.75) is 32.2 Å². The number of hydrogen-bond acceptors (Lipinski definition) is 5. The van der Waals surface area contributed by atoms with Gasteiger partial charge in [0.15, 0.2) is 0 Å². The van der Waals surface area contributed by atoms with Crippen molar-refractivity contribution < 1.29 is 14.3 Å². The summed E-state index contributed by atoms with van der Waals surface area (Å²) in [7, 11) is 1.55. The average molecular weight is 258 g/mol. The van der Waals surface area contributed by atoms with Crippen LogP contribution < -0.4 is 5.32 Å². The molecule has 0 aromatic rings. The van der Waals surface area contributed by atoms with E-state index in [0.29, 0.717) is 32.5 Å². The summed E-state index contributed by atoms with van der Waals surface area (Å²) in [5.41, 5.74) is 7.34. The number of esters is 1. The molecule has 0 aliphatic rings. The molecule has 0 amide bonds. The van der Waals surface area contributed by atoms with Gasteiger partial charge in [-0.3, -0.25) is 5.32 Å². The fourth-order valence-corrected chi connectivity index (χ4v) is 1.59. The lowest BCUT2D eigenvalue weighted by atomic mass is 9.97. The second kappa shape index (κ2) is 9.70. The highest BCUT2D eigenvalue weighted by molar-refractivity contribution is 5.81. The quantitative estimate of drug-likeness (QED) is 0.212. The molecule has 0 bridgehead atoms. The first-order valence-electron chi connectivity index (χ1n) is 6.08. The molecule has 0 rings (SSSR count). The number of azide groups is 1. The minimum absolute atomic E-state index is 0.254. The summed E-state index contributed by atoms with van der Waals surface area (Å²) in [5, 5.41) is 6.58. The van der Waals surface area contributed by atoms with Gasteiger partial charge in [-0.2, -0.15) is 0 Å². The van der Waals surface area contributed by atoms with Crippen molar-refractivity contribution in [3.63, 3.8) is 0 Å². The molecule has 0 fully saturated rings. The van der Waals surface area contributed by atoms with Crippen LogP contribution >= 0.6 is 0 Å². The Kier molecular flexibility index (Phi) is 9.00. The Morgan fingerprint density at radius 3 is 2.72 bits per heavy atom. The first kappa shape index (κ1) is 16.7. The second-order valence-corrected chi connectivity index (χ2v) is 3.82. The monoisotopic (exact) mass is 258 g/mol. The van der Waals surface area contributed by atoms with Gasteiger partial charge in [-0.15, -0.1) is 0 Å². The lowest BCUT2D eigenvalue weighted by Gasteiger charge is -2.30. The molecule has 1 N–H and O–H groups in total. The minimum atomic E-state index is -0.818. The number of rotatable bonds is 10. The van der Waals surface area contributed by atoms with E-state index in [-0.39, 0.29) is 12.6 Å². The molecule has 0 saturated carbocycles. The molecule has 18 heavy (non-hydrogen) atoms. The summed E-state index contributed by atoms with van der Waals surface area (Å²) in [6.45, 7) is 5.23. The molecular formula is C11H22N4O3. The summed E-state index contributed by atoms with van der Waals surface area (Å²) in [5.74, 6) is -0.307. The summed E-state index contributed by atoms with van der Waals surface area (Å²) in [6.07, 6.45) is 1.23. The van der Waals surface area contributed by atoms with E-state index >= 15 is 0 Å². The van der Waals surface area contributed by atoms with Crippen molar-refractivity contribution in [3.8, 4) is 0 Å². The smallest absolute Gasteiger partial charge is 0.328 e. The van der Waals surface area contributed by atoms with E-state index in [2.05, 4.69) is 15.3 Å². The molecule has 0 aliphatic heterocycles. The first-order valence-corrected chi connectivity index (χ1v) is 6.08. The third-order valence-electron chi connectivity index (χ3n) is 2.62. The molecule has 0 aromatic heterocycles. The zero-order valence-corrected chi connectivity index (χ0v) is 11.3. The molecule has 0 aromatic carbocycles. The van der Waals surface area contributed by atoms with E-state index < -0.39 is 5.54 Å². The van der Waals surface area contributed by atoms with Crippen LogP contribution in [-0.4, -0.2) is 44.9 Å². The Morgan fingerprint density at radius 2 is 2.22 bits per heavy atom. The number of ether oxygens (including phenoxy) is 2. The molecule has 0 spiro atoms. The Bertz CT molecular complexity index is 292. The van der Waals surface area contributed by atoms with E-state index in [4.69, 9.17) is 15.0 Å². The van der Waals surface area contributed by atoms with E-state index in [0.717, 1.165) is 0 Å². The molecule has 1 unspecified atom stereocenters. The number of hydrogen-bond donors (Lipinski definition) is 1. The van der Waals surface area contributed by atoms with Gasteiger partial charge in [-0.05, 0) is 31.8 Å². The van der Waals surface area contributed by atoms with E-state index in [1.165, 1.54) is 0 Å². The molecule has 7 heteroatoms. The number of carbonyl (C=O) groups excluding carboxylic acids is 1. The number of carbonyl (C=O) groups is 1. The van der Waals surface area contributed by atoms with Gasteiger partial charge in [-0.1, -0.05) is 12.0 Å². The highest BCUT2D eigenvalue weighted by Gasteiger charge is 2.37. The Hall–Kier alpha value is -1.30. The van der Waals surface area contributed by atoms with Crippen LogP contribution in [0.2, 0.25) is 0 Å². The second-order valence-electron chi connectivity index (χ2n) is 3.82. The van der Waals surface area contributed by atoms with Gasteiger partial charge in [0.1, 0.15) is 5.54 Å². The lowest BCUT2D eigenvalue weighted by molar-refractivity contribution is -0.154. The highest BCUT2D eigenvalue weighted by Crippen LogP contribution is 2.13. The molecular weight excluding hydrogens is 236 g/mol. The van der Waals surface area contributed by atoms with Crippen LogP contribution in [0.1, 0.15) is 26.7 Å². The molecule has 7 nitrogen and oxygen atoms in total. The van der Waals surface area contributed by atoms with Gasteiger partial charge < -0.3 is 9.47 Å². The SMILES string of the molecule is CCOC(=O)C(CC)(COC)NCCCN=[N+]=[N-]. The maximum Gasteiger partial charge on any atom is 0.328 e. The standard InChI is InChI=1S/C11H22N4O3/c1-4-11(9-17-3,10(16)18-5-2)13-7-6-8-14-15-12/h13H,4-9H2,1-3H3. The normalized spacial score (nSPS) is 13.5. The maximum atomic E-state index is 12.0. The van der Waals surface area contributed by atoms with Crippen molar-refractivity contribution in [3.05, 3.63) is 10.4 Å². The van der Waals surface area contributed by atoms with Crippen molar-refractivity contribution in [1.29, 1.82) is 0 Å². The van der Waals surface area contributed by atoms with Crippen LogP contribution in [0.25, 0.3) is 10.4 Å². The fraction of sp³-hybridized carbons (Fsp3) is 0.909. The molecule has 0 saturated heterocycles. The lowest BCUT2D eigenvalue weighted by Crippen LogP contribution is -2.56. The largest absolute Gasteiger partial charge is 0.465 e. The Balaban J connectivity index is 4.44. The fourth-order valence-electron chi connectivity index (χ4n) is 1.59. The molecule has 0 heterocycles. The molecule has 0 radical (unpaired) electrons. The van der Waals surface area contributed by atoms with Crippen molar-refractivity contribution in [1.82, 2.24) is 5.32 Å². The van der Waals surface area contributed by atoms with Gasteiger partial charge in [0, 0.05) is 18.6 Å². The van der Waals surface area contributed by atoms with E-state index in [9.17, 15) is 4.79 Å². The topological polar surface area (TPSA) is 96.3 Å². The van der Waals surface area contributed by atoms with Crippen LogP contribution in [-0.2, 0) is 14.3 Å². The van der Waals surface area contributed by atoms with E-state index in [1.54, 1.807) is 14.0 Å². The molecule has 1 atom stereocenters. The van der Waals surface area contributed by atoms with Crippen LogP contribution in [0.5, 0.6) is 0 Å². The van der Waals surface area contributed by atoms with Crippen LogP contribution in [0, 0.1) is 0 Å². The maximum absolute atomic E-state index is 12.0. The summed E-state index contributed by atoms with van der Waals surface area (Å²) >= 11 is 0. The van der Waals surface area contributed by atoms with Gasteiger partial charge in [0.25, 0.3) is 0 Å². The number of nitrogens with zero attached hydrogens (tertiary/aromatic N) is 3.